The van der Waals surface area contributed by atoms with Crippen molar-refractivity contribution in [3.63, 3.8) is 0 Å². The van der Waals surface area contributed by atoms with Crippen LogP contribution in [0.15, 0.2) is 24.3 Å². The van der Waals surface area contributed by atoms with Gasteiger partial charge < -0.3 is 15.2 Å². The molecule has 2 rings (SSSR count). The molecule has 2 atom stereocenters. The zero-order valence-corrected chi connectivity index (χ0v) is 13.2. The molecule has 0 aliphatic heterocycles. The van der Waals surface area contributed by atoms with E-state index in [1.807, 2.05) is 12.1 Å². The van der Waals surface area contributed by atoms with Gasteiger partial charge in [0.2, 0.25) is 0 Å². The Kier molecular flexibility index (Phi) is 7.04. The Balaban J connectivity index is 1.65. The summed E-state index contributed by atoms with van der Waals surface area (Å²) in [5, 5.41) is 13.2. The fraction of sp³-hybridized carbons (Fsp3) is 0.667. The van der Waals surface area contributed by atoms with Crippen LogP contribution < -0.4 is 10.1 Å². The highest BCUT2D eigenvalue weighted by Gasteiger charge is 2.24. The van der Waals surface area contributed by atoms with E-state index in [2.05, 4.69) is 24.4 Å². The zero-order valence-electron chi connectivity index (χ0n) is 13.2. The van der Waals surface area contributed by atoms with E-state index in [9.17, 15) is 5.11 Å². The maximum Gasteiger partial charge on any atom is 0.119 e. The second-order valence-electron chi connectivity index (χ2n) is 6.09. The number of rotatable bonds is 9. The van der Waals surface area contributed by atoms with E-state index in [4.69, 9.17) is 4.74 Å². The molecule has 2 N–H and O–H groups in total. The molecule has 3 nitrogen and oxygen atoms in total. The minimum atomic E-state index is -0.101. The molecule has 1 aliphatic carbocycles. The first-order chi connectivity index (χ1) is 10.3. The lowest BCUT2D eigenvalue weighted by molar-refractivity contribution is 0.131. The van der Waals surface area contributed by atoms with Gasteiger partial charge in [0.25, 0.3) is 0 Å². The monoisotopic (exact) mass is 291 g/mol. The van der Waals surface area contributed by atoms with Gasteiger partial charge >= 0.3 is 0 Å². The van der Waals surface area contributed by atoms with Crippen molar-refractivity contribution in [3.8, 4) is 5.75 Å². The van der Waals surface area contributed by atoms with E-state index in [1.165, 1.54) is 18.4 Å². The zero-order chi connectivity index (χ0) is 14.9. The van der Waals surface area contributed by atoms with E-state index >= 15 is 0 Å². The number of hydrogen-bond donors (Lipinski definition) is 2. The average Bonchev–Trinajstić information content (AvgIpc) is 2.91. The molecule has 0 heterocycles. The maximum atomic E-state index is 9.79. The highest BCUT2D eigenvalue weighted by molar-refractivity contribution is 5.27. The Morgan fingerprint density at radius 2 is 2.00 bits per heavy atom. The number of hydrogen-bond acceptors (Lipinski definition) is 3. The standard InChI is InChI=1S/C18H29NO2/c1-2-3-4-12-21-17-10-8-15(9-11-17)13-19-14-16-6-5-7-18(16)20/h8-11,16,18-20H,2-7,12-14H2,1H3. The van der Waals surface area contributed by atoms with E-state index in [-0.39, 0.29) is 6.10 Å². The van der Waals surface area contributed by atoms with Crippen molar-refractivity contribution in [2.75, 3.05) is 13.2 Å². The second kappa shape index (κ2) is 9.06. The molecular formula is C18H29NO2. The third-order valence-corrected chi connectivity index (χ3v) is 4.29. The Morgan fingerprint density at radius 1 is 1.19 bits per heavy atom. The Labute approximate surface area is 128 Å². The van der Waals surface area contributed by atoms with Crippen molar-refractivity contribution in [2.24, 2.45) is 5.92 Å². The molecule has 1 aromatic rings. The predicted octanol–water partition coefficient (Wildman–Crippen LogP) is 3.51. The van der Waals surface area contributed by atoms with Crippen molar-refractivity contribution < 1.29 is 9.84 Å². The van der Waals surface area contributed by atoms with E-state index in [1.54, 1.807) is 0 Å². The third kappa shape index (κ3) is 5.68. The summed E-state index contributed by atoms with van der Waals surface area (Å²) in [6.45, 7) is 4.78. The molecule has 0 amide bonds. The molecule has 1 fully saturated rings. The molecular weight excluding hydrogens is 262 g/mol. The summed E-state index contributed by atoms with van der Waals surface area (Å²) in [5.74, 6) is 1.40. The number of nitrogens with one attached hydrogen (secondary N) is 1. The minimum Gasteiger partial charge on any atom is -0.494 e. The number of unbranched alkanes of at least 4 members (excludes halogenated alkanes) is 2. The van der Waals surface area contributed by atoms with Gasteiger partial charge in [-0.15, -0.1) is 0 Å². The number of benzene rings is 1. The maximum absolute atomic E-state index is 9.79. The number of aliphatic hydroxyl groups excluding tert-OH is 1. The second-order valence-corrected chi connectivity index (χ2v) is 6.09. The molecule has 0 saturated heterocycles. The van der Waals surface area contributed by atoms with Gasteiger partial charge in [-0.05, 0) is 42.9 Å². The van der Waals surface area contributed by atoms with Gasteiger partial charge in [0.1, 0.15) is 5.75 Å². The van der Waals surface area contributed by atoms with Crippen LogP contribution in [0.5, 0.6) is 5.75 Å². The Morgan fingerprint density at radius 3 is 2.67 bits per heavy atom. The van der Waals surface area contributed by atoms with Crippen molar-refractivity contribution in [1.29, 1.82) is 0 Å². The molecule has 118 valence electrons. The van der Waals surface area contributed by atoms with Gasteiger partial charge in [-0.1, -0.05) is 38.3 Å². The summed E-state index contributed by atoms with van der Waals surface area (Å²) in [7, 11) is 0. The highest BCUT2D eigenvalue weighted by atomic mass is 16.5. The summed E-state index contributed by atoms with van der Waals surface area (Å²) in [6, 6.07) is 8.33. The highest BCUT2D eigenvalue weighted by Crippen LogP contribution is 2.24. The van der Waals surface area contributed by atoms with E-state index in [0.29, 0.717) is 5.92 Å². The molecule has 2 unspecified atom stereocenters. The smallest absolute Gasteiger partial charge is 0.119 e. The topological polar surface area (TPSA) is 41.5 Å². The lowest BCUT2D eigenvalue weighted by atomic mass is 10.1. The molecule has 0 bridgehead atoms. The largest absolute Gasteiger partial charge is 0.494 e. The first-order valence-corrected chi connectivity index (χ1v) is 8.40. The van der Waals surface area contributed by atoms with Crippen LogP contribution in [0.3, 0.4) is 0 Å². The van der Waals surface area contributed by atoms with Crippen molar-refractivity contribution >= 4 is 0 Å². The van der Waals surface area contributed by atoms with Gasteiger partial charge in [0.05, 0.1) is 12.7 Å². The van der Waals surface area contributed by atoms with E-state index < -0.39 is 0 Å². The summed E-state index contributed by atoms with van der Waals surface area (Å²) < 4.78 is 5.71. The quantitative estimate of drug-likeness (QED) is 0.684. The van der Waals surface area contributed by atoms with E-state index in [0.717, 1.165) is 51.1 Å². The fourth-order valence-corrected chi connectivity index (χ4v) is 2.90. The fourth-order valence-electron chi connectivity index (χ4n) is 2.90. The summed E-state index contributed by atoms with van der Waals surface area (Å²) >= 11 is 0. The Bertz CT molecular complexity index is 391. The first kappa shape index (κ1) is 16.3. The lowest BCUT2D eigenvalue weighted by Gasteiger charge is -2.15. The molecule has 0 radical (unpaired) electrons. The van der Waals surface area contributed by atoms with Gasteiger partial charge in [-0.3, -0.25) is 0 Å². The van der Waals surface area contributed by atoms with Crippen molar-refractivity contribution in [2.45, 2.75) is 58.1 Å². The van der Waals surface area contributed by atoms with Crippen molar-refractivity contribution in [1.82, 2.24) is 5.32 Å². The predicted molar refractivity (Wildman–Crippen MR) is 86.5 cm³/mol. The number of ether oxygens (including phenoxy) is 1. The molecule has 0 spiro atoms. The number of aliphatic hydroxyl groups is 1. The van der Waals surface area contributed by atoms with Crippen LogP contribution in [0.4, 0.5) is 0 Å². The van der Waals surface area contributed by atoms with Gasteiger partial charge in [-0.2, -0.15) is 0 Å². The first-order valence-electron chi connectivity index (χ1n) is 8.40. The third-order valence-electron chi connectivity index (χ3n) is 4.29. The SMILES string of the molecule is CCCCCOc1ccc(CNCC2CCCC2O)cc1. The van der Waals surface area contributed by atoms with Crippen LogP contribution in [0, 0.1) is 5.92 Å². The van der Waals surface area contributed by atoms with Crippen LogP contribution in [0.1, 0.15) is 51.0 Å². The van der Waals surface area contributed by atoms with Crippen LogP contribution in [-0.2, 0) is 6.54 Å². The van der Waals surface area contributed by atoms with Gasteiger partial charge in [0.15, 0.2) is 0 Å². The summed E-state index contributed by atoms with van der Waals surface area (Å²) in [6.07, 6.45) is 6.77. The molecule has 1 aromatic carbocycles. The van der Waals surface area contributed by atoms with Gasteiger partial charge in [-0.25, -0.2) is 0 Å². The van der Waals surface area contributed by atoms with Crippen molar-refractivity contribution in [3.05, 3.63) is 29.8 Å². The van der Waals surface area contributed by atoms with Crippen LogP contribution in [0.25, 0.3) is 0 Å². The van der Waals surface area contributed by atoms with Crippen LogP contribution >= 0.6 is 0 Å². The van der Waals surface area contributed by atoms with Crippen LogP contribution in [-0.4, -0.2) is 24.4 Å². The van der Waals surface area contributed by atoms with Gasteiger partial charge in [0, 0.05) is 13.1 Å². The minimum absolute atomic E-state index is 0.101. The summed E-state index contributed by atoms with van der Waals surface area (Å²) in [4.78, 5) is 0. The molecule has 0 aromatic heterocycles. The Hall–Kier alpha value is -1.06. The molecule has 1 saturated carbocycles. The average molecular weight is 291 g/mol. The lowest BCUT2D eigenvalue weighted by Crippen LogP contribution is -2.27. The molecule has 3 heteroatoms. The molecule has 21 heavy (non-hydrogen) atoms. The normalized spacial score (nSPS) is 21.6. The summed E-state index contributed by atoms with van der Waals surface area (Å²) in [5.41, 5.74) is 1.27. The molecule has 1 aliphatic rings. The van der Waals surface area contributed by atoms with Crippen LogP contribution in [0.2, 0.25) is 0 Å².